The van der Waals surface area contributed by atoms with Crippen LogP contribution in [0.15, 0.2) is 47.0 Å². The lowest BCUT2D eigenvalue weighted by molar-refractivity contribution is 0.0551. The fourth-order valence-corrected chi connectivity index (χ4v) is 3.92. The highest BCUT2D eigenvalue weighted by Crippen LogP contribution is 2.24. The third-order valence-corrected chi connectivity index (χ3v) is 5.87. The van der Waals surface area contributed by atoms with Crippen LogP contribution in [-0.4, -0.2) is 52.0 Å². The summed E-state index contributed by atoms with van der Waals surface area (Å²) in [7, 11) is 0. The first-order valence-corrected chi connectivity index (χ1v) is 10.4. The van der Waals surface area contributed by atoms with Crippen LogP contribution in [0.25, 0.3) is 11.4 Å². The number of nitrogens with zero attached hydrogens (tertiary/aromatic N) is 4. The SMILES string of the molecule is Cc1ccc(-c2noc(C(C)N3CCN(C(=O)c4ccc(C)cc4C)CC3)n2)cc1. The second-order valence-corrected chi connectivity index (χ2v) is 8.14. The van der Waals surface area contributed by atoms with Crippen molar-refractivity contribution in [3.8, 4) is 11.4 Å². The molecule has 1 unspecified atom stereocenters. The molecule has 1 aromatic heterocycles. The Balaban J connectivity index is 1.39. The molecule has 6 nitrogen and oxygen atoms in total. The average molecular weight is 405 g/mol. The number of benzene rings is 2. The molecule has 2 heterocycles. The Hall–Kier alpha value is -2.99. The predicted molar refractivity (Wildman–Crippen MR) is 116 cm³/mol. The monoisotopic (exact) mass is 404 g/mol. The topological polar surface area (TPSA) is 62.5 Å². The van der Waals surface area contributed by atoms with E-state index in [2.05, 4.69) is 35.0 Å². The molecular weight excluding hydrogens is 376 g/mol. The predicted octanol–water partition coefficient (Wildman–Crippen LogP) is 4.18. The van der Waals surface area contributed by atoms with Gasteiger partial charge in [0.2, 0.25) is 11.7 Å². The van der Waals surface area contributed by atoms with Crippen LogP contribution in [0.4, 0.5) is 0 Å². The van der Waals surface area contributed by atoms with Crippen molar-refractivity contribution in [2.75, 3.05) is 26.2 Å². The van der Waals surface area contributed by atoms with Crippen LogP contribution >= 0.6 is 0 Å². The molecular formula is C24H28N4O2. The van der Waals surface area contributed by atoms with Gasteiger partial charge >= 0.3 is 0 Å². The number of carbonyl (C=O) groups excluding carboxylic acids is 1. The molecule has 0 bridgehead atoms. The van der Waals surface area contributed by atoms with E-state index in [9.17, 15) is 4.79 Å². The number of rotatable bonds is 4. The molecule has 0 aliphatic carbocycles. The summed E-state index contributed by atoms with van der Waals surface area (Å²) in [4.78, 5) is 21.8. The second kappa shape index (κ2) is 8.40. The number of piperazine rings is 1. The van der Waals surface area contributed by atoms with Crippen molar-refractivity contribution >= 4 is 5.91 Å². The van der Waals surface area contributed by atoms with Crippen LogP contribution in [0.2, 0.25) is 0 Å². The van der Waals surface area contributed by atoms with Crippen molar-refractivity contribution in [2.45, 2.75) is 33.7 Å². The minimum absolute atomic E-state index is 0.00932. The minimum atomic E-state index is 0.00932. The van der Waals surface area contributed by atoms with E-state index >= 15 is 0 Å². The van der Waals surface area contributed by atoms with Crippen molar-refractivity contribution < 1.29 is 9.32 Å². The van der Waals surface area contributed by atoms with Gasteiger partial charge in [0.25, 0.3) is 5.91 Å². The van der Waals surface area contributed by atoms with Gasteiger partial charge in [0.15, 0.2) is 0 Å². The summed E-state index contributed by atoms with van der Waals surface area (Å²) in [6.07, 6.45) is 0. The van der Waals surface area contributed by atoms with Crippen molar-refractivity contribution in [1.82, 2.24) is 19.9 Å². The molecule has 1 saturated heterocycles. The van der Waals surface area contributed by atoms with Crippen molar-refractivity contribution in [2.24, 2.45) is 0 Å². The summed E-state index contributed by atoms with van der Waals surface area (Å²) >= 11 is 0. The summed E-state index contributed by atoms with van der Waals surface area (Å²) in [6, 6.07) is 14.1. The molecule has 0 radical (unpaired) electrons. The highest BCUT2D eigenvalue weighted by atomic mass is 16.5. The molecule has 0 spiro atoms. The van der Waals surface area contributed by atoms with Crippen LogP contribution < -0.4 is 0 Å². The standard InChI is InChI=1S/C24H28N4O2/c1-16-5-8-20(9-6-16)22-25-23(30-26-22)19(4)27-11-13-28(14-12-27)24(29)21-10-7-17(2)15-18(21)3/h5-10,15,19H,11-14H2,1-4H3. The molecule has 4 rings (SSSR count). The Morgan fingerprint density at radius 2 is 1.63 bits per heavy atom. The van der Waals surface area contributed by atoms with Gasteiger partial charge in [0, 0.05) is 37.3 Å². The Bertz CT molecular complexity index is 1030. The maximum absolute atomic E-state index is 12.9. The Kier molecular flexibility index (Phi) is 5.68. The first-order chi connectivity index (χ1) is 14.4. The smallest absolute Gasteiger partial charge is 0.254 e. The molecule has 1 aliphatic rings. The number of aryl methyl sites for hydroxylation is 3. The van der Waals surface area contributed by atoms with E-state index in [1.165, 1.54) is 11.1 Å². The summed E-state index contributed by atoms with van der Waals surface area (Å²) in [6.45, 7) is 11.1. The van der Waals surface area contributed by atoms with Gasteiger partial charge in [0.05, 0.1) is 6.04 Å². The summed E-state index contributed by atoms with van der Waals surface area (Å²) in [5.41, 5.74) is 5.15. The molecule has 0 saturated carbocycles. The van der Waals surface area contributed by atoms with Gasteiger partial charge in [-0.3, -0.25) is 9.69 Å². The van der Waals surface area contributed by atoms with Gasteiger partial charge in [-0.25, -0.2) is 0 Å². The number of hydrogen-bond acceptors (Lipinski definition) is 5. The van der Waals surface area contributed by atoms with E-state index in [4.69, 9.17) is 4.52 Å². The lowest BCUT2D eigenvalue weighted by Gasteiger charge is -2.37. The van der Waals surface area contributed by atoms with E-state index in [0.29, 0.717) is 24.8 Å². The van der Waals surface area contributed by atoms with E-state index in [-0.39, 0.29) is 11.9 Å². The molecule has 1 fully saturated rings. The summed E-state index contributed by atoms with van der Waals surface area (Å²) in [5.74, 6) is 1.33. The van der Waals surface area contributed by atoms with Crippen LogP contribution in [0.3, 0.4) is 0 Å². The number of amides is 1. The molecule has 6 heteroatoms. The van der Waals surface area contributed by atoms with Crippen molar-refractivity contribution in [1.29, 1.82) is 0 Å². The summed E-state index contributed by atoms with van der Waals surface area (Å²) in [5, 5.41) is 4.15. The molecule has 156 valence electrons. The fraction of sp³-hybridized carbons (Fsp3) is 0.375. The third kappa shape index (κ3) is 4.14. The molecule has 2 aromatic carbocycles. The van der Waals surface area contributed by atoms with Crippen LogP contribution in [-0.2, 0) is 0 Å². The van der Waals surface area contributed by atoms with Crippen molar-refractivity contribution in [3.63, 3.8) is 0 Å². The molecule has 30 heavy (non-hydrogen) atoms. The lowest BCUT2D eigenvalue weighted by Crippen LogP contribution is -2.49. The van der Waals surface area contributed by atoms with E-state index in [1.54, 1.807) is 0 Å². The van der Waals surface area contributed by atoms with E-state index in [1.807, 2.05) is 55.1 Å². The first-order valence-electron chi connectivity index (χ1n) is 10.4. The van der Waals surface area contributed by atoms with E-state index in [0.717, 1.165) is 29.8 Å². The second-order valence-electron chi connectivity index (χ2n) is 8.14. The van der Waals surface area contributed by atoms with Crippen LogP contribution in [0.5, 0.6) is 0 Å². The average Bonchev–Trinajstić information content (AvgIpc) is 3.24. The Morgan fingerprint density at radius 1 is 0.967 bits per heavy atom. The highest BCUT2D eigenvalue weighted by Gasteiger charge is 2.28. The maximum atomic E-state index is 12.9. The highest BCUT2D eigenvalue weighted by molar-refractivity contribution is 5.95. The van der Waals surface area contributed by atoms with Crippen LogP contribution in [0, 0.1) is 20.8 Å². The number of aromatic nitrogens is 2. The van der Waals surface area contributed by atoms with Gasteiger partial charge in [-0.15, -0.1) is 0 Å². The first kappa shape index (κ1) is 20.3. The third-order valence-electron chi connectivity index (χ3n) is 5.87. The van der Waals surface area contributed by atoms with Gasteiger partial charge in [-0.2, -0.15) is 4.98 Å². The van der Waals surface area contributed by atoms with Gasteiger partial charge in [-0.1, -0.05) is 52.7 Å². The zero-order valence-electron chi connectivity index (χ0n) is 18.1. The minimum Gasteiger partial charge on any atom is -0.337 e. The van der Waals surface area contributed by atoms with E-state index < -0.39 is 0 Å². The molecule has 1 aliphatic heterocycles. The molecule has 3 aromatic rings. The fourth-order valence-electron chi connectivity index (χ4n) is 3.92. The Morgan fingerprint density at radius 3 is 2.30 bits per heavy atom. The largest absolute Gasteiger partial charge is 0.337 e. The van der Waals surface area contributed by atoms with Gasteiger partial charge in [0.1, 0.15) is 0 Å². The maximum Gasteiger partial charge on any atom is 0.254 e. The quantitative estimate of drug-likeness (QED) is 0.653. The lowest BCUT2D eigenvalue weighted by atomic mass is 10.0. The Labute approximate surface area is 177 Å². The normalized spacial score (nSPS) is 15.9. The number of hydrogen-bond donors (Lipinski definition) is 0. The van der Waals surface area contributed by atoms with Gasteiger partial charge < -0.3 is 9.42 Å². The zero-order valence-corrected chi connectivity index (χ0v) is 18.1. The van der Waals surface area contributed by atoms with Gasteiger partial charge in [-0.05, 0) is 39.3 Å². The molecule has 1 atom stereocenters. The van der Waals surface area contributed by atoms with Crippen LogP contribution in [0.1, 0.15) is 45.9 Å². The molecule has 0 N–H and O–H groups in total. The van der Waals surface area contributed by atoms with Crippen molar-refractivity contribution in [3.05, 3.63) is 70.6 Å². The summed E-state index contributed by atoms with van der Waals surface area (Å²) < 4.78 is 5.55. The number of carbonyl (C=O) groups is 1. The molecule has 1 amide bonds. The zero-order chi connectivity index (χ0) is 21.3.